The van der Waals surface area contributed by atoms with E-state index in [0.717, 1.165) is 0 Å². The van der Waals surface area contributed by atoms with Crippen LogP contribution in [-0.4, -0.2) is 12.6 Å². The molecule has 0 saturated heterocycles. The van der Waals surface area contributed by atoms with Crippen LogP contribution in [0.1, 0.15) is 36.5 Å². The molecule has 0 heterocycles. The van der Waals surface area contributed by atoms with E-state index in [1.807, 2.05) is 5.92 Å². The highest BCUT2D eigenvalue weighted by Crippen LogP contribution is 2.32. The van der Waals surface area contributed by atoms with Crippen molar-refractivity contribution in [3.8, 4) is 23.5 Å². The first-order valence-electron chi connectivity index (χ1n) is 7.18. The molecule has 2 aliphatic rings. The van der Waals surface area contributed by atoms with Crippen LogP contribution in [0, 0.1) is 19.3 Å². The SMILES string of the molecule is C#CC(=O)OCCc1ccc(C(C)C)cc2c(C)ccc1-2. The van der Waals surface area contributed by atoms with Crippen molar-refractivity contribution in [3.63, 3.8) is 0 Å². The quantitative estimate of drug-likeness (QED) is 0.481. The van der Waals surface area contributed by atoms with Crippen molar-refractivity contribution >= 4 is 5.97 Å². The number of aryl methyl sites for hydroxylation is 1. The Labute approximate surface area is 126 Å². The average Bonchev–Trinajstić information content (AvgIpc) is 2.71. The maximum absolute atomic E-state index is 11.0. The second-order valence-corrected chi connectivity index (χ2v) is 5.53. The van der Waals surface area contributed by atoms with E-state index < -0.39 is 5.97 Å². The second-order valence-electron chi connectivity index (χ2n) is 5.53. The van der Waals surface area contributed by atoms with Gasteiger partial charge in [-0.3, -0.25) is 0 Å². The summed E-state index contributed by atoms with van der Waals surface area (Å²) in [5, 5.41) is 0. The number of hydrogen-bond acceptors (Lipinski definition) is 2. The van der Waals surface area contributed by atoms with E-state index in [1.54, 1.807) is 0 Å². The number of terminal acetylenes is 1. The van der Waals surface area contributed by atoms with E-state index >= 15 is 0 Å². The lowest BCUT2D eigenvalue weighted by Gasteiger charge is -2.05. The molecule has 2 rings (SSSR count). The van der Waals surface area contributed by atoms with Crippen molar-refractivity contribution in [3.05, 3.63) is 47.0 Å². The maximum Gasteiger partial charge on any atom is 0.384 e. The van der Waals surface area contributed by atoms with Crippen LogP contribution in [0.5, 0.6) is 0 Å². The summed E-state index contributed by atoms with van der Waals surface area (Å²) in [6.45, 7) is 6.81. The number of hydrogen-bond donors (Lipinski definition) is 0. The van der Waals surface area contributed by atoms with Crippen molar-refractivity contribution in [2.75, 3.05) is 6.61 Å². The Morgan fingerprint density at radius 1 is 1.24 bits per heavy atom. The predicted octanol–water partition coefficient (Wildman–Crippen LogP) is 3.94. The van der Waals surface area contributed by atoms with Crippen molar-refractivity contribution in [1.82, 2.24) is 0 Å². The van der Waals surface area contributed by atoms with Gasteiger partial charge in [-0.2, -0.15) is 0 Å². The monoisotopic (exact) mass is 280 g/mol. The Hall–Kier alpha value is -2.27. The van der Waals surface area contributed by atoms with Gasteiger partial charge in [0.1, 0.15) is 0 Å². The van der Waals surface area contributed by atoms with Gasteiger partial charge in [-0.05, 0) is 40.7 Å². The molecule has 0 aromatic rings. The molecule has 0 aliphatic heterocycles. The standard InChI is InChI=1S/C19H20O2/c1-5-19(20)21-11-10-15-7-8-16(13(2)3)12-18-14(4)6-9-17(15)18/h1,6-9,12-13H,10-11H2,2-4H3. The Kier molecular flexibility index (Phi) is 4.65. The molecular weight excluding hydrogens is 260 g/mol. The van der Waals surface area contributed by atoms with Gasteiger partial charge < -0.3 is 4.74 Å². The Balaban J connectivity index is 2.31. The van der Waals surface area contributed by atoms with E-state index in [-0.39, 0.29) is 0 Å². The number of ether oxygens (including phenoxy) is 1. The van der Waals surface area contributed by atoms with Crippen molar-refractivity contribution < 1.29 is 9.53 Å². The summed E-state index contributed by atoms with van der Waals surface area (Å²) < 4.78 is 4.98. The van der Waals surface area contributed by atoms with Gasteiger partial charge in [0.25, 0.3) is 0 Å². The number of esters is 1. The van der Waals surface area contributed by atoms with E-state index in [9.17, 15) is 4.79 Å². The van der Waals surface area contributed by atoms with Crippen LogP contribution in [-0.2, 0) is 16.0 Å². The lowest BCUT2D eigenvalue weighted by molar-refractivity contribution is -0.136. The van der Waals surface area contributed by atoms with Gasteiger partial charge in [-0.15, -0.1) is 6.42 Å². The molecule has 2 aliphatic carbocycles. The first kappa shape index (κ1) is 15.1. The molecule has 2 nitrogen and oxygen atoms in total. The number of carbonyl (C=O) groups is 1. The molecule has 0 spiro atoms. The lowest BCUT2D eigenvalue weighted by atomic mass is 10.0. The predicted molar refractivity (Wildman–Crippen MR) is 85.4 cm³/mol. The summed E-state index contributed by atoms with van der Waals surface area (Å²) in [5.74, 6) is 1.83. The Morgan fingerprint density at radius 3 is 2.67 bits per heavy atom. The van der Waals surface area contributed by atoms with Crippen LogP contribution < -0.4 is 0 Å². The van der Waals surface area contributed by atoms with Gasteiger partial charge in [0.15, 0.2) is 0 Å². The smallest absolute Gasteiger partial charge is 0.384 e. The largest absolute Gasteiger partial charge is 0.456 e. The molecule has 0 atom stereocenters. The average molecular weight is 280 g/mol. The highest BCUT2D eigenvalue weighted by Gasteiger charge is 2.12. The molecule has 2 heteroatoms. The van der Waals surface area contributed by atoms with E-state index in [2.05, 4.69) is 51.1 Å². The summed E-state index contributed by atoms with van der Waals surface area (Å²) in [7, 11) is 0. The molecule has 0 amide bonds. The summed E-state index contributed by atoms with van der Waals surface area (Å²) in [6, 6.07) is 10.8. The van der Waals surface area contributed by atoms with Crippen molar-refractivity contribution in [1.29, 1.82) is 0 Å². The topological polar surface area (TPSA) is 26.3 Å². The van der Waals surface area contributed by atoms with Crippen molar-refractivity contribution in [2.24, 2.45) is 0 Å². The first-order valence-corrected chi connectivity index (χ1v) is 7.18. The molecule has 0 aromatic carbocycles. The zero-order valence-corrected chi connectivity index (χ0v) is 12.8. The number of rotatable bonds is 4. The third kappa shape index (κ3) is 3.44. The van der Waals surface area contributed by atoms with Crippen LogP contribution in [0.2, 0.25) is 0 Å². The molecule has 0 fully saturated rings. The third-order valence-electron chi connectivity index (χ3n) is 3.74. The maximum atomic E-state index is 11.0. The lowest BCUT2D eigenvalue weighted by Crippen LogP contribution is -2.05. The van der Waals surface area contributed by atoms with E-state index in [0.29, 0.717) is 18.9 Å². The van der Waals surface area contributed by atoms with Gasteiger partial charge in [0.05, 0.1) is 6.61 Å². The summed E-state index contributed by atoms with van der Waals surface area (Å²) in [4.78, 5) is 11.0. The van der Waals surface area contributed by atoms with Gasteiger partial charge in [-0.1, -0.05) is 44.2 Å². The molecule has 0 N–H and O–H groups in total. The zero-order valence-electron chi connectivity index (χ0n) is 12.8. The molecule has 0 bridgehead atoms. The molecule has 21 heavy (non-hydrogen) atoms. The number of carbonyl (C=O) groups excluding carboxylic acids is 1. The Morgan fingerprint density at radius 2 is 2.00 bits per heavy atom. The molecule has 0 radical (unpaired) electrons. The molecule has 0 unspecified atom stereocenters. The van der Waals surface area contributed by atoms with Crippen molar-refractivity contribution in [2.45, 2.75) is 33.1 Å². The fourth-order valence-corrected chi connectivity index (χ4v) is 2.45. The minimum absolute atomic E-state index is 0.309. The first-order chi connectivity index (χ1) is 10.0. The molecule has 108 valence electrons. The van der Waals surface area contributed by atoms with Gasteiger partial charge in [-0.25, -0.2) is 4.79 Å². The van der Waals surface area contributed by atoms with E-state index in [1.165, 1.54) is 27.8 Å². The summed E-state index contributed by atoms with van der Waals surface area (Å²) in [6.07, 6.45) is 5.66. The van der Waals surface area contributed by atoms with Gasteiger partial charge >= 0.3 is 5.97 Å². The normalized spacial score (nSPS) is 10.6. The molecule has 0 saturated carbocycles. The summed E-state index contributed by atoms with van der Waals surface area (Å²) in [5.41, 5.74) is 6.24. The third-order valence-corrected chi connectivity index (χ3v) is 3.74. The van der Waals surface area contributed by atoms with Gasteiger partial charge in [0.2, 0.25) is 0 Å². The Bertz CT molecular complexity index is 662. The highest BCUT2D eigenvalue weighted by molar-refractivity contribution is 5.87. The number of fused-ring (bicyclic) bond motifs is 1. The fourth-order valence-electron chi connectivity index (χ4n) is 2.45. The summed E-state index contributed by atoms with van der Waals surface area (Å²) >= 11 is 0. The van der Waals surface area contributed by atoms with E-state index in [4.69, 9.17) is 11.2 Å². The minimum atomic E-state index is -0.604. The van der Waals surface area contributed by atoms with Crippen LogP contribution >= 0.6 is 0 Å². The molecular formula is C19H20O2. The van der Waals surface area contributed by atoms with Crippen LogP contribution in [0.15, 0.2) is 30.3 Å². The minimum Gasteiger partial charge on any atom is -0.456 e. The molecule has 0 aromatic heterocycles. The zero-order chi connectivity index (χ0) is 15.4. The fraction of sp³-hybridized carbons (Fsp3) is 0.316. The second kappa shape index (κ2) is 6.45. The van der Waals surface area contributed by atoms with Gasteiger partial charge in [0, 0.05) is 12.3 Å². The van der Waals surface area contributed by atoms with Crippen LogP contribution in [0.3, 0.4) is 0 Å². The highest BCUT2D eigenvalue weighted by atomic mass is 16.5. The van der Waals surface area contributed by atoms with Crippen LogP contribution in [0.4, 0.5) is 0 Å². The van der Waals surface area contributed by atoms with Crippen LogP contribution in [0.25, 0.3) is 11.1 Å².